The molecular formula is C8H5BrINS. The van der Waals surface area contributed by atoms with Gasteiger partial charge in [-0.2, -0.15) is 0 Å². The van der Waals surface area contributed by atoms with Gasteiger partial charge in [0.05, 0.1) is 0 Å². The van der Waals surface area contributed by atoms with Crippen LogP contribution in [0.25, 0.3) is 0 Å². The van der Waals surface area contributed by atoms with Crippen LogP contribution < -0.4 is 5.73 Å². The summed E-state index contributed by atoms with van der Waals surface area (Å²) in [5.74, 6) is 2.98. The van der Waals surface area contributed by atoms with Gasteiger partial charge in [0.15, 0.2) is 0 Å². The number of hydrogen-bond donors (Lipinski definition) is 1. The lowest BCUT2D eigenvalue weighted by atomic mass is 10.2. The first-order chi connectivity index (χ1) is 5.74. The normalized spacial score (nSPS) is 8.83. The average Bonchev–Trinajstić information content (AvgIpc) is 2.07. The summed E-state index contributed by atoms with van der Waals surface area (Å²) in [4.78, 5) is 0. The summed E-state index contributed by atoms with van der Waals surface area (Å²) < 4.78 is 0.981. The first-order valence-electron chi connectivity index (χ1n) is 3.07. The van der Waals surface area contributed by atoms with Crippen molar-refractivity contribution in [3.63, 3.8) is 0 Å². The average molecular weight is 354 g/mol. The molecule has 1 rings (SSSR count). The summed E-state index contributed by atoms with van der Waals surface area (Å²) in [5.41, 5.74) is 7.27. The van der Waals surface area contributed by atoms with Gasteiger partial charge in [-0.3, -0.25) is 0 Å². The van der Waals surface area contributed by atoms with Crippen LogP contribution in [0.3, 0.4) is 0 Å². The molecule has 12 heavy (non-hydrogen) atoms. The van der Waals surface area contributed by atoms with Crippen molar-refractivity contribution in [3.8, 4) is 11.2 Å². The Hall–Kier alpha value is 0.140. The number of hydrogen-bond acceptors (Lipinski definition) is 2. The van der Waals surface area contributed by atoms with E-state index < -0.39 is 0 Å². The number of halogens is 2. The van der Waals surface area contributed by atoms with E-state index in [0.29, 0.717) is 0 Å². The Bertz CT molecular complexity index is 343. The Morgan fingerprint density at radius 1 is 1.50 bits per heavy atom. The maximum absolute atomic E-state index is 5.60. The number of anilines is 1. The van der Waals surface area contributed by atoms with Gasteiger partial charge < -0.3 is 5.73 Å². The largest absolute Gasteiger partial charge is 0.399 e. The Kier molecular flexibility index (Phi) is 4.26. The highest BCUT2D eigenvalue weighted by molar-refractivity contribution is 14.2. The summed E-state index contributed by atoms with van der Waals surface area (Å²) >= 11 is 5.52. The molecule has 0 saturated heterocycles. The minimum Gasteiger partial charge on any atom is -0.399 e. The molecule has 4 heteroatoms. The number of nitrogens with two attached hydrogens (primary N) is 1. The fourth-order valence-corrected chi connectivity index (χ4v) is 1.54. The second-order valence-electron chi connectivity index (χ2n) is 2.04. The molecule has 0 aliphatic carbocycles. The van der Waals surface area contributed by atoms with Crippen LogP contribution in [0.2, 0.25) is 0 Å². The Balaban J connectivity index is 3.05. The first kappa shape index (κ1) is 10.2. The minimum absolute atomic E-state index is 0.737. The molecule has 0 aliphatic heterocycles. The highest BCUT2D eigenvalue weighted by Gasteiger charge is 1.95. The second kappa shape index (κ2) is 5.00. The van der Waals surface area contributed by atoms with E-state index in [1.54, 1.807) is 0 Å². The monoisotopic (exact) mass is 353 g/mol. The maximum atomic E-state index is 5.60. The fourth-order valence-electron chi connectivity index (χ4n) is 0.713. The van der Waals surface area contributed by atoms with Crippen molar-refractivity contribution in [2.24, 2.45) is 0 Å². The Morgan fingerprint density at radius 2 is 2.25 bits per heavy atom. The zero-order valence-electron chi connectivity index (χ0n) is 5.97. The summed E-state index contributed by atoms with van der Waals surface area (Å²) in [6.07, 6.45) is 0. The molecule has 0 atom stereocenters. The predicted molar refractivity (Wildman–Crippen MR) is 67.0 cm³/mol. The molecule has 0 radical (unpaired) electrons. The summed E-state index contributed by atoms with van der Waals surface area (Å²) in [5, 5.41) is 2.90. The van der Waals surface area contributed by atoms with Gasteiger partial charge >= 0.3 is 0 Å². The van der Waals surface area contributed by atoms with Crippen LogP contribution in [0.4, 0.5) is 5.69 Å². The smallest absolute Gasteiger partial charge is 0.0417 e. The maximum Gasteiger partial charge on any atom is 0.0417 e. The van der Waals surface area contributed by atoms with E-state index in [1.807, 2.05) is 18.2 Å². The molecule has 0 fully saturated rings. The molecule has 1 nitrogen and oxygen atoms in total. The van der Waals surface area contributed by atoms with E-state index in [1.165, 1.54) is 8.93 Å². The van der Waals surface area contributed by atoms with Gasteiger partial charge in [0, 0.05) is 36.9 Å². The predicted octanol–water partition coefficient (Wildman–Crippen LogP) is 3.42. The van der Waals surface area contributed by atoms with E-state index in [2.05, 4.69) is 48.3 Å². The molecule has 0 bridgehead atoms. The van der Waals surface area contributed by atoms with Gasteiger partial charge in [0.1, 0.15) is 0 Å². The molecule has 1 aromatic rings. The number of benzene rings is 1. The topological polar surface area (TPSA) is 26.0 Å². The lowest BCUT2D eigenvalue weighted by Crippen LogP contribution is -1.85. The van der Waals surface area contributed by atoms with Crippen molar-refractivity contribution >= 4 is 51.8 Å². The van der Waals surface area contributed by atoms with Gasteiger partial charge in [-0.1, -0.05) is 5.92 Å². The molecule has 0 aliphatic rings. The van der Waals surface area contributed by atoms with Crippen LogP contribution in [0.1, 0.15) is 5.56 Å². The van der Waals surface area contributed by atoms with Crippen LogP contribution in [0.5, 0.6) is 0 Å². The first-order valence-corrected chi connectivity index (χ1v) is 7.23. The summed E-state index contributed by atoms with van der Waals surface area (Å²) in [6.45, 7) is 0. The van der Waals surface area contributed by atoms with Crippen LogP contribution in [-0.2, 0) is 0 Å². The van der Waals surface area contributed by atoms with Gasteiger partial charge in [-0.05, 0) is 48.3 Å². The zero-order valence-corrected chi connectivity index (χ0v) is 10.5. The van der Waals surface area contributed by atoms with E-state index in [-0.39, 0.29) is 0 Å². The van der Waals surface area contributed by atoms with Gasteiger partial charge in [-0.15, -0.1) is 0 Å². The van der Waals surface area contributed by atoms with Crippen LogP contribution in [0, 0.1) is 11.2 Å². The van der Waals surface area contributed by atoms with Gasteiger partial charge in [-0.25, -0.2) is 0 Å². The standard InChI is InChI=1S/C8H5BrINS/c9-8-2-1-7(11)5-6(8)3-4-12-10/h1-2,5H,11H2. The molecular weight excluding hydrogens is 349 g/mol. The van der Waals surface area contributed by atoms with Crippen molar-refractivity contribution in [1.29, 1.82) is 0 Å². The van der Waals surface area contributed by atoms with Crippen LogP contribution >= 0.6 is 46.1 Å². The number of rotatable bonds is 0. The Labute approximate surface area is 96.2 Å². The number of nitrogen functional groups attached to an aromatic ring is 1. The lowest BCUT2D eigenvalue weighted by molar-refractivity contribution is 1.58. The van der Waals surface area contributed by atoms with Crippen molar-refractivity contribution in [3.05, 3.63) is 28.2 Å². The molecule has 0 saturated carbocycles. The van der Waals surface area contributed by atoms with Gasteiger partial charge in [0.2, 0.25) is 0 Å². The SMILES string of the molecule is Nc1ccc(Br)c(C#CSI)c1. The quantitative estimate of drug-likeness (QED) is 0.439. The van der Waals surface area contributed by atoms with Crippen molar-refractivity contribution in [2.75, 3.05) is 5.73 Å². The van der Waals surface area contributed by atoms with Crippen molar-refractivity contribution in [2.45, 2.75) is 0 Å². The highest BCUT2D eigenvalue weighted by atomic mass is 127. The van der Waals surface area contributed by atoms with E-state index in [0.717, 1.165) is 15.7 Å². The van der Waals surface area contributed by atoms with Gasteiger partial charge in [0.25, 0.3) is 0 Å². The molecule has 0 spiro atoms. The molecule has 0 amide bonds. The molecule has 1 aromatic carbocycles. The second-order valence-corrected chi connectivity index (χ2v) is 4.58. The highest BCUT2D eigenvalue weighted by Crippen LogP contribution is 2.19. The molecule has 62 valence electrons. The van der Waals surface area contributed by atoms with Crippen LogP contribution in [0.15, 0.2) is 22.7 Å². The van der Waals surface area contributed by atoms with Crippen molar-refractivity contribution in [1.82, 2.24) is 0 Å². The van der Waals surface area contributed by atoms with E-state index in [9.17, 15) is 0 Å². The van der Waals surface area contributed by atoms with E-state index >= 15 is 0 Å². The minimum atomic E-state index is 0.737. The molecule has 2 N–H and O–H groups in total. The third-order valence-corrected chi connectivity index (χ3v) is 2.75. The molecule has 0 unspecified atom stereocenters. The third-order valence-electron chi connectivity index (χ3n) is 1.21. The summed E-state index contributed by atoms with van der Waals surface area (Å²) in [7, 11) is 1.46. The molecule has 0 heterocycles. The zero-order chi connectivity index (χ0) is 8.97. The van der Waals surface area contributed by atoms with Crippen molar-refractivity contribution < 1.29 is 0 Å². The van der Waals surface area contributed by atoms with E-state index in [4.69, 9.17) is 5.73 Å². The summed E-state index contributed by atoms with van der Waals surface area (Å²) in [6, 6.07) is 5.59. The van der Waals surface area contributed by atoms with Crippen LogP contribution in [-0.4, -0.2) is 0 Å². The lowest BCUT2D eigenvalue weighted by Gasteiger charge is -1.96. The molecule has 0 aromatic heterocycles. The Morgan fingerprint density at radius 3 is 2.92 bits per heavy atom. The third kappa shape index (κ3) is 2.88. The fraction of sp³-hybridized carbons (Fsp3) is 0.